The average molecular weight is 318 g/mol. The summed E-state index contributed by atoms with van der Waals surface area (Å²) in [5.74, 6) is 0.859. The first-order valence-electron chi connectivity index (χ1n) is 7.21. The molecule has 0 unspecified atom stereocenters. The minimum Gasteiger partial charge on any atom is -0.507 e. The summed E-state index contributed by atoms with van der Waals surface area (Å²) in [5, 5.41) is 11.0. The average Bonchev–Trinajstić information content (AvgIpc) is 2.85. The van der Waals surface area contributed by atoms with Crippen LogP contribution >= 0.6 is 11.5 Å². The van der Waals surface area contributed by atoms with Crippen molar-refractivity contribution < 1.29 is 9.90 Å². The van der Waals surface area contributed by atoms with Gasteiger partial charge in [-0.2, -0.15) is 4.37 Å². The van der Waals surface area contributed by atoms with Gasteiger partial charge < -0.3 is 5.11 Å². The third kappa shape index (κ3) is 3.19. The van der Waals surface area contributed by atoms with E-state index in [9.17, 15) is 9.90 Å². The summed E-state index contributed by atoms with van der Waals surface area (Å²) in [6, 6.07) is 3.84. The largest absolute Gasteiger partial charge is 0.507 e. The van der Waals surface area contributed by atoms with Crippen molar-refractivity contribution in [1.82, 2.24) is 9.36 Å². The van der Waals surface area contributed by atoms with Crippen LogP contribution in [0.15, 0.2) is 12.1 Å². The van der Waals surface area contributed by atoms with Crippen molar-refractivity contribution in [3.8, 4) is 17.1 Å². The second kappa shape index (κ2) is 5.47. The van der Waals surface area contributed by atoms with Crippen molar-refractivity contribution in [2.24, 2.45) is 0 Å². The van der Waals surface area contributed by atoms with Crippen molar-refractivity contribution in [1.29, 1.82) is 0 Å². The van der Waals surface area contributed by atoms with Gasteiger partial charge >= 0.3 is 0 Å². The van der Waals surface area contributed by atoms with Crippen LogP contribution in [0.25, 0.3) is 11.4 Å². The molecule has 0 atom stereocenters. The summed E-state index contributed by atoms with van der Waals surface area (Å²) in [5.41, 5.74) is 2.14. The van der Waals surface area contributed by atoms with Gasteiger partial charge in [0.25, 0.3) is 0 Å². The van der Waals surface area contributed by atoms with E-state index in [1.54, 1.807) is 0 Å². The van der Waals surface area contributed by atoms with Crippen molar-refractivity contribution in [3.05, 3.63) is 28.3 Å². The molecular weight excluding hydrogens is 296 g/mol. The van der Waals surface area contributed by atoms with E-state index in [4.69, 9.17) is 0 Å². The van der Waals surface area contributed by atoms with Crippen LogP contribution in [-0.4, -0.2) is 20.8 Å². The normalized spacial score (nSPS) is 12.5. The summed E-state index contributed by atoms with van der Waals surface area (Å²) in [4.78, 5) is 15.1. The van der Waals surface area contributed by atoms with Gasteiger partial charge in [0, 0.05) is 16.7 Å². The molecule has 0 bridgehead atoms. The van der Waals surface area contributed by atoms with Crippen LogP contribution in [0.2, 0.25) is 0 Å². The third-order valence-electron chi connectivity index (χ3n) is 3.53. The molecular formula is C17H22N2O2S. The highest BCUT2D eigenvalue weighted by Gasteiger charge is 2.27. The van der Waals surface area contributed by atoms with Crippen LogP contribution in [0.1, 0.15) is 62.5 Å². The number of phenols is 1. The van der Waals surface area contributed by atoms with E-state index in [-0.39, 0.29) is 10.8 Å². The lowest BCUT2D eigenvalue weighted by Crippen LogP contribution is -2.17. The molecule has 22 heavy (non-hydrogen) atoms. The molecule has 0 aliphatic heterocycles. The topological polar surface area (TPSA) is 63.1 Å². The lowest BCUT2D eigenvalue weighted by molar-refractivity contribution is 0.112. The number of hydrogen-bond donors (Lipinski definition) is 1. The molecule has 2 aromatic rings. The number of benzene rings is 1. The van der Waals surface area contributed by atoms with Crippen LogP contribution in [0.5, 0.6) is 5.75 Å². The Morgan fingerprint density at radius 1 is 1.05 bits per heavy atom. The molecule has 118 valence electrons. The number of phenolic OH excluding ortho intramolecular Hbond substituents is 1. The molecule has 0 fully saturated rings. The zero-order valence-electron chi connectivity index (χ0n) is 13.9. The highest BCUT2D eigenvalue weighted by atomic mass is 32.1. The van der Waals surface area contributed by atoms with Gasteiger partial charge in [0.05, 0.1) is 0 Å². The third-order valence-corrected chi connectivity index (χ3v) is 4.17. The monoisotopic (exact) mass is 318 g/mol. The van der Waals surface area contributed by atoms with Gasteiger partial charge in [0.2, 0.25) is 0 Å². The van der Waals surface area contributed by atoms with E-state index in [0.29, 0.717) is 22.9 Å². The summed E-state index contributed by atoms with van der Waals surface area (Å²) in [6.45, 7) is 12.4. The first-order chi connectivity index (χ1) is 10.0. The standard InChI is InChI=1S/C17H22N2O2S/c1-16(2,3)11-7-10(15-18-13(9-20)22-19-15)8-12(14(11)21)17(4,5)6/h7-9,21H,1-6H3. The quantitative estimate of drug-likeness (QED) is 0.838. The highest BCUT2D eigenvalue weighted by Crippen LogP contribution is 2.41. The molecule has 1 heterocycles. The molecule has 1 aromatic heterocycles. The van der Waals surface area contributed by atoms with E-state index in [1.807, 2.05) is 12.1 Å². The van der Waals surface area contributed by atoms with E-state index in [2.05, 4.69) is 50.9 Å². The number of hydrogen-bond acceptors (Lipinski definition) is 5. The molecule has 0 aliphatic rings. The predicted molar refractivity (Wildman–Crippen MR) is 89.8 cm³/mol. The second-order valence-corrected chi connectivity index (χ2v) is 8.28. The van der Waals surface area contributed by atoms with Crippen LogP contribution in [0.4, 0.5) is 0 Å². The molecule has 0 aliphatic carbocycles. The molecule has 1 aromatic carbocycles. The number of rotatable bonds is 2. The first kappa shape index (κ1) is 16.6. The Balaban J connectivity index is 2.72. The smallest absolute Gasteiger partial charge is 0.180 e. The molecule has 1 N–H and O–H groups in total. The molecule has 5 heteroatoms. The maximum Gasteiger partial charge on any atom is 0.180 e. The number of aldehydes is 1. The summed E-state index contributed by atoms with van der Waals surface area (Å²) in [7, 11) is 0. The fourth-order valence-corrected chi connectivity index (χ4v) is 2.80. The van der Waals surface area contributed by atoms with Gasteiger partial charge in [0.15, 0.2) is 17.1 Å². The predicted octanol–water partition coefficient (Wildman–Crippen LogP) is 4.32. The summed E-state index contributed by atoms with van der Waals surface area (Å²) in [6.07, 6.45) is 0.705. The van der Waals surface area contributed by atoms with E-state index in [1.165, 1.54) is 0 Å². The lowest BCUT2D eigenvalue weighted by Gasteiger charge is -2.27. The van der Waals surface area contributed by atoms with Crippen LogP contribution in [0.3, 0.4) is 0 Å². The summed E-state index contributed by atoms with van der Waals surface area (Å²) >= 11 is 1.08. The molecule has 0 saturated carbocycles. The fraction of sp³-hybridized carbons (Fsp3) is 0.471. The van der Waals surface area contributed by atoms with Gasteiger partial charge in [-0.3, -0.25) is 4.79 Å². The molecule has 0 saturated heterocycles. The van der Waals surface area contributed by atoms with Gasteiger partial charge in [-0.25, -0.2) is 4.98 Å². The fourth-order valence-electron chi connectivity index (χ4n) is 2.31. The molecule has 0 radical (unpaired) electrons. The summed E-state index contributed by atoms with van der Waals surface area (Å²) < 4.78 is 4.25. The zero-order valence-corrected chi connectivity index (χ0v) is 14.7. The molecule has 0 spiro atoms. The van der Waals surface area contributed by atoms with E-state index >= 15 is 0 Å². The Kier molecular flexibility index (Phi) is 4.13. The zero-order chi connectivity index (χ0) is 16.7. The van der Waals surface area contributed by atoms with Gasteiger partial charge in [0.1, 0.15) is 5.75 Å². The first-order valence-corrected chi connectivity index (χ1v) is 7.98. The van der Waals surface area contributed by atoms with Crippen LogP contribution < -0.4 is 0 Å². The van der Waals surface area contributed by atoms with Crippen molar-refractivity contribution in [2.75, 3.05) is 0 Å². The van der Waals surface area contributed by atoms with Crippen LogP contribution in [0, 0.1) is 0 Å². The number of carbonyl (C=O) groups is 1. The minimum absolute atomic E-state index is 0.205. The Morgan fingerprint density at radius 3 is 1.91 bits per heavy atom. The van der Waals surface area contributed by atoms with Gasteiger partial charge in [-0.05, 0) is 34.5 Å². The number of aromatic hydroxyl groups is 1. The van der Waals surface area contributed by atoms with Gasteiger partial charge in [-0.15, -0.1) is 0 Å². The molecule has 2 rings (SSSR count). The van der Waals surface area contributed by atoms with E-state index in [0.717, 1.165) is 28.2 Å². The van der Waals surface area contributed by atoms with Crippen molar-refractivity contribution in [2.45, 2.75) is 52.4 Å². The lowest BCUT2D eigenvalue weighted by atomic mass is 9.78. The van der Waals surface area contributed by atoms with Gasteiger partial charge in [-0.1, -0.05) is 41.5 Å². The van der Waals surface area contributed by atoms with E-state index < -0.39 is 0 Å². The molecule has 4 nitrogen and oxygen atoms in total. The van der Waals surface area contributed by atoms with Crippen LogP contribution in [-0.2, 0) is 10.8 Å². The Labute approximate surface area is 135 Å². The van der Waals surface area contributed by atoms with Crippen molar-refractivity contribution >= 4 is 17.8 Å². The Morgan fingerprint density at radius 2 is 1.55 bits per heavy atom. The SMILES string of the molecule is CC(C)(C)c1cc(-c2nsc(C=O)n2)cc(C(C)(C)C)c1O. The minimum atomic E-state index is -0.205. The number of aromatic nitrogens is 2. The number of carbonyl (C=O) groups excluding carboxylic acids is 1. The molecule has 0 amide bonds. The highest BCUT2D eigenvalue weighted by molar-refractivity contribution is 7.07. The Hall–Kier alpha value is -1.75. The maximum absolute atomic E-state index is 10.8. The maximum atomic E-state index is 10.8. The number of nitrogens with zero attached hydrogens (tertiary/aromatic N) is 2. The second-order valence-electron chi connectivity index (χ2n) is 7.49. The van der Waals surface area contributed by atoms with Crippen molar-refractivity contribution in [3.63, 3.8) is 0 Å². The Bertz CT molecular complexity index is 671.